The van der Waals surface area contributed by atoms with Gasteiger partial charge in [-0.2, -0.15) is 5.10 Å². The third-order valence-corrected chi connectivity index (χ3v) is 8.82. The van der Waals surface area contributed by atoms with Gasteiger partial charge in [-0.05, 0) is 68.6 Å². The van der Waals surface area contributed by atoms with Gasteiger partial charge in [-0.25, -0.2) is 0 Å². The van der Waals surface area contributed by atoms with Gasteiger partial charge in [-0.3, -0.25) is 9.58 Å². The van der Waals surface area contributed by atoms with E-state index in [1.54, 1.807) is 0 Å². The second-order valence-electron chi connectivity index (χ2n) is 11.5. The summed E-state index contributed by atoms with van der Waals surface area (Å²) >= 11 is 0. The van der Waals surface area contributed by atoms with Gasteiger partial charge >= 0.3 is 0 Å². The average Bonchev–Trinajstić information content (AvgIpc) is 3.51. The quantitative estimate of drug-likeness (QED) is 0.449. The molecule has 3 aliphatic rings. The Labute approximate surface area is 231 Å². The van der Waals surface area contributed by atoms with Crippen LogP contribution in [0.2, 0.25) is 0 Å². The normalized spacial score (nSPS) is 20.5. The van der Waals surface area contributed by atoms with Gasteiger partial charge < -0.3 is 31.0 Å². The number of rotatable bonds is 6. The van der Waals surface area contributed by atoms with Gasteiger partial charge in [0.1, 0.15) is 5.82 Å². The van der Waals surface area contributed by atoms with E-state index in [0.717, 1.165) is 87.6 Å². The zero-order valence-electron chi connectivity index (χ0n) is 23.5. The van der Waals surface area contributed by atoms with Crippen LogP contribution in [0.4, 0.5) is 11.5 Å². The molecule has 0 bridgehead atoms. The second kappa shape index (κ2) is 10.7. The van der Waals surface area contributed by atoms with Crippen LogP contribution in [0.15, 0.2) is 30.7 Å². The summed E-state index contributed by atoms with van der Waals surface area (Å²) in [5, 5.41) is 4.75. The number of hydrogen-bond donors (Lipinski definition) is 3. The molecule has 208 valence electrons. The van der Waals surface area contributed by atoms with Crippen LogP contribution in [-0.2, 0) is 4.74 Å². The van der Waals surface area contributed by atoms with Crippen molar-refractivity contribution in [1.82, 2.24) is 24.6 Å². The lowest BCUT2D eigenvalue weighted by atomic mass is 9.99. The fourth-order valence-electron chi connectivity index (χ4n) is 6.36. The minimum atomic E-state index is 0.418. The van der Waals surface area contributed by atoms with Crippen LogP contribution in [-0.4, -0.2) is 90.1 Å². The van der Waals surface area contributed by atoms with E-state index in [9.17, 15) is 0 Å². The molecule has 6 rings (SSSR count). The summed E-state index contributed by atoms with van der Waals surface area (Å²) in [6.45, 7) is 12.6. The highest BCUT2D eigenvalue weighted by molar-refractivity contribution is 5.90. The zero-order valence-corrected chi connectivity index (χ0v) is 23.5. The van der Waals surface area contributed by atoms with Crippen LogP contribution in [0.3, 0.4) is 0 Å². The van der Waals surface area contributed by atoms with Gasteiger partial charge in [0.25, 0.3) is 0 Å². The molecule has 3 aromatic rings. The van der Waals surface area contributed by atoms with E-state index in [0.29, 0.717) is 23.6 Å². The number of aryl methyl sites for hydroxylation is 2. The van der Waals surface area contributed by atoms with Crippen LogP contribution < -0.4 is 16.4 Å². The van der Waals surface area contributed by atoms with Crippen molar-refractivity contribution in [3.05, 3.63) is 53.0 Å². The molecule has 1 aromatic carbocycles. The summed E-state index contributed by atoms with van der Waals surface area (Å²) in [7, 11) is 2.19. The number of piperidine rings is 1. The number of hydrogen-bond acceptors (Lipinski definition) is 7. The maximum absolute atomic E-state index is 6.70. The highest BCUT2D eigenvalue weighted by Crippen LogP contribution is 2.34. The fourth-order valence-corrected chi connectivity index (χ4v) is 6.36. The van der Waals surface area contributed by atoms with Crippen LogP contribution in [0.5, 0.6) is 0 Å². The van der Waals surface area contributed by atoms with E-state index in [-0.39, 0.29) is 0 Å². The van der Waals surface area contributed by atoms with E-state index in [1.165, 1.54) is 16.8 Å². The van der Waals surface area contributed by atoms with Crippen molar-refractivity contribution < 1.29 is 4.74 Å². The Morgan fingerprint density at radius 1 is 1.03 bits per heavy atom. The number of nitrogens with two attached hydrogens (primary N) is 2. The van der Waals surface area contributed by atoms with Gasteiger partial charge in [-0.15, -0.1) is 0 Å². The second-order valence-corrected chi connectivity index (χ2v) is 11.5. The van der Waals surface area contributed by atoms with Crippen LogP contribution in [0, 0.1) is 13.8 Å². The number of H-pyrrole nitrogens is 1. The number of benzene rings is 1. The highest BCUT2D eigenvalue weighted by Gasteiger charge is 2.30. The number of ether oxygens (including phenoxy) is 1. The maximum Gasteiger partial charge on any atom is 0.108 e. The molecule has 0 atom stereocenters. The van der Waals surface area contributed by atoms with E-state index < -0.39 is 0 Å². The minimum Gasteiger partial charge on any atom is -0.398 e. The molecule has 5 N–H and O–H groups in total. The summed E-state index contributed by atoms with van der Waals surface area (Å²) in [6.07, 6.45) is 10.3. The largest absolute Gasteiger partial charge is 0.398 e. The summed E-state index contributed by atoms with van der Waals surface area (Å²) in [4.78, 5) is 10.6. The van der Waals surface area contributed by atoms with Gasteiger partial charge in [0, 0.05) is 79.7 Å². The topological polar surface area (TPSA) is 105 Å². The van der Waals surface area contributed by atoms with Crippen molar-refractivity contribution in [2.75, 3.05) is 70.2 Å². The van der Waals surface area contributed by atoms with Crippen molar-refractivity contribution in [2.24, 2.45) is 5.73 Å². The lowest BCUT2D eigenvalue weighted by molar-refractivity contribution is -0.0734. The number of anilines is 2. The van der Waals surface area contributed by atoms with Crippen LogP contribution in [0.1, 0.15) is 41.1 Å². The Kier molecular flexibility index (Phi) is 7.14. The molecule has 0 saturated carbocycles. The number of nitrogens with zero attached hydrogens (tertiary/aromatic N) is 5. The first kappa shape index (κ1) is 26.0. The van der Waals surface area contributed by atoms with Crippen molar-refractivity contribution in [3.63, 3.8) is 0 Å². The van der Waals surface area contributed by atoms with Gasteiger partial charge in [-0.1, -0.05) is 0 Å². The number of aromatic nitrogens is 3. The lowest BCUT2D eigenvalue weighted by Crippen LogP contribution is -2.51. The Balaban J connectivity index is 1.20. The molecule has 9 heteroatoms. The molecular weight excluding hydrogens is 488 g/mol. The standard InChI is InChI=1S/C30H42N8O/c1-20-12-22(13-21(2)29(20)37-10-8-35(3)9-11-37)28(31)14-26-27(16-33-30(26)32)23-15-34-38(17-23)24-4-6-36(7-5-24)25-18-39-19-25/h12-17,24-25,33H,4-11,18-19,31-32H2,1-3H3/b28-14-. The molecule has 9 nitrogen and oxygen atoms in total. The van der Waals surface area contributed by atoms with Gasteiger partial charge in [0.2, 0.25) is 0 Å². The molecule has 2 aromatic heterocycles. The first-order valence-corrected chi connectivity index (χ1v) is 14.2. The van der Waals surface area contributed by atoms with Gasteiger partial charge in [0.15, 0.2) is 0 Å². The third-order valence-electron chi connectivity index (χ3n) is 8.82. The molecule has 5 heterocycles. The molecule has 0 radical (unpaired) electrons. The van der Waals surface area contributed by atoms with Crippen molar-refractivity contribution >= 4 is 23.3 Å². The zero-order chi connectivity index (χ0) is 27.1. The third kappa shape index (κ3) is 5.18. The number of nitrogens with one attached hydrogen (secondary N) is 1. The van der Waals surface area contributed by atoms with E-state index in [4.69, 9.17) is 21.3 Å². The van der Waals surface area contributed by atoms with Crippen molar-refractivity contribution in [1.29, 1.82) is 0 Å². The molecule has 3 fully saturated rings. The molecule has 0 spiro atoms. The number of nitrogen functional groups attached to an aromatic ring is 1. The molecule has 0 unspecified atom stereocenters. The lowest BCUT2D eigenvalue weighted by Gasteiger charge is -2.41. The minimum absolute atomic E-state index is 0.418. The summed E-state index contributed by atoms with van der Waals surface area (Å²) < 4.78 is 7.51. The first-order valence-electron chi connectivity index (χ1n) is 14.2. The van der Waals surface area contributed by atoms with E-state index in [1.807, 2.05) is 18.5 Å². The number of likely N-dealkylation sites (N-methyl/N-ethyl adjacent to an activating group) is 1. The summed E-state index contributed by atoms with van der Waals surface area (Å²) in [5.74, 6) is 0.610. The van der Waals surface area contributed by atoms with Crippen LogP contribution in [0.25, 0.3) is 22.9 Å². The smallest absolute Gasteiger partial charge is 0.108 e. The number of aromatic amines is 1. The molecule has 3 aliphatic heterocycles. The SMILES string of the molecule is Cc1cc(/C(N)=C/c2c(-c3cnn(C4CCN(C5COC5)CC4)c3)c[nH]c2N)cc(C)c1N1CCN(C)CC1. The molecular formula is C30H42N8O. The van der Waals surface area contributed by atoms with Gasteiger partial charge in [0.05, 0.1) is 31.5 Å². The Hall–Kier alpha value is -3.27. The molecule has 0 aliphatic carbocycles. The Morgan fingerprint density at radius 2 is 1.72 bits per heavy atom. The first-order chi connectivity index (χ1) is 18.9. The maximum atomic E-state index is 6.70. The molecule has 39 heavy (non-hydrogen) atoms. The fraction of sp³-hybridized carbons (Fsp3) is 0.500. The monoisotopic (exact) mass is 530 g/mol. The van der Waals surface area contributed by atoms with Crippen molar-refractivity contribution in [3.8, 4) is 11.1 Å². The summed E-state index contributed by atoms with van der Waals surface area (Å²) in [5.41, 5.74) is 21.7. The highest BCUT2D eigenvalue weighted by atomic mass is 16.5. The Bertz CT molecular complexity index is 1310. The van der Waals surface area contributed by atoms with Crippen LogP contribution >= 0.6 is 0 Å². The predicted molar refractivity (Wildman–Crippen MR) is 159 cm³/mol. The predicted octanol–water partition coefficient (Wildman–Crippen LogP) is 3.32. The number of piperazine rings is 1. The number of likely N-dealkylation sites (tertiary alicyclic amines) is 1. The van der Waals surface area contributed by atoms with E-state index >= 15 is 0 Å². The molecule has 3 saturated heterocycles. The summed E-state index contributed by atoms with van der Waals surface area (Å²) in [6, 6.07) is 5.43. The molecule has 0 amide bonds. The van der Waals surface area contributed by atoms with Crippen molar-refractivity contribution in [2.45, 2.75) is 38.8 Å². The Morgan fingerprint density at radius 3 is 2.36 bits per heavy atom. The van der Waals surface area contributed by atoms with E-state index in [2.05, 4.69) is 63.6 Å². The average molecular weight is 531 g/mol.